The first-order chi connectivity index (χ1) is 13.5. The van der Waals surface area contributed by atoms with E-state index in [1.165, 1.54) is 18.3 Å². The summed E-state index contributed by atoms with van der Waals surface area (Å²) in [5, 5.41) is 0. The van der Waals surface area contributed by atoms with Gasteiger partial charge in [0, 0.05) is 7.14 Å². The van der Waals surface area contributed by atoms with Crippen LogP contribution < -0.4 is 0 Å². The predicted molar refractivity (Wildman–Crippen MR) is 131 cm³/mol. The Hall–Kier alpha value is -0.830. The zero-order chi connectivity index (χ0) is 20.4. The van der Waals surface area contributed by atoms with Crippen LogP contribution in [0.25, 0.3) is 0 Å². The minimum Gasteiger partial charge on any atom is -0.434 e. The smallest absolute Gasteiger partial charge is 0.434 e. The zero-order valence-corrected chi connectivity index (χ0v) is 20.8. The summed E-state index contributed by atoms with van der Waals surface area (Å²) in [6, 6.07) is 17.0. The van der Waals surface area contributed by atoms with Crippen molar-refractivity contribution in [2.75, 3.05) is 13.2 Å². The van der Waals surface area contributed by atoms with E-state index in [0.29, 0.717) is 25.0 Å². The Balaban J connectivity index is 1.73. The van der Waals surface area contributed by atoms with Gasteiger partial charge < -0.3 is 9.47 Å². The fourth-order valence-electron chi connectivity index (χ4n) is 2.96. The molecule has 3 nitrogen and oxygen atoms in total. The first kappa shape index (κ1) is 23.4. The number of carbonyl (C=O) groups is 1. The van der Waals surface area contributed by atoms with Gasteiger partial charge in [0.25, 0.3) is 0 Å². The topological polar surface area (TPSA) is 35.5 Å². The molecule has 0 saturated heterocycles. The Bertz CT molecular complexity index is 652. The van der Waals surface area contributed by atoms with Crippen LogP contribution in [0.1, 0.15) is 37.8 Å². The van der Waals surface area contributed by atoms with Gasteiger partial charge in [0.15, 0.2) is 0 Å². The number of carbonyl (C=O) groups excluding carboxylic acids is 1. The van der Waals surface area contributed by atoms with Gasteiger partial charge in [-0.15, -0.1) is 0 Å². The second kappa shape index (κ2) is 12.7. The van der Waals surface area contributed by atoms with E-state index in [1.54, 1.807) is 0 Å². The average molecular weight is 606 g/mol. The fourth-order valence-corrected chi connectivity index (χ4v) is 3.68. The number of halogens is 2. The lowest BCUT2D eigenvalue weighted by Crippen LogP contribution is -2.20. The normalized spacial score (nSPS) is 13.0. The second-order valence-electron chi connectivity index (χ2n) is 7.08. The van der Waals surface area contributed by atoms with E-state index in [4.69, 9.17) is 9.47 Å². The quantitative estimate of drug-likeness (QED) is 0.219. The molecular formula is C23H28I2O3. The van der Waals surface area contributed by atoms with Gasteiger partial charge in [-0.05, 0) is 118 Å². The van der Waals surface area contributed by atoms with Gasteiger partial charge in [-0.3, -0.25) is 0 Å². The van der Waals surface area contributed by atoms with Crippen molar-refractivity contribution in [2.24, 2.45) is 11.8 Å². The number of hydrogen-bond acceptors (Lipinski definition) is 3. The van der Waals surface area contributed by atoms with E-state index in [0.717, 1.165) is 25.7 Å². The lowest BCUT2D eigenvalue weighted by Gasteiger charge is -2.17. The highest BCUT2D eigenvalue weighted by Gasteiger charge is 2.15. The summed E-state index contributed by atoms with van der Waals surface area (Å²) in [6.07, 6.45) is 3.19. The highest BCUT2D eigenvalue weighted by Crippen LogP contribution is 2.17. The molecular weight excluding hydrogens is 578 g/mol. The third-order valence-corrected chi connectivity index (χ3v) is 6.34. The van der Waals surface area contributed by atoms with E-state index in [9.17, 15) is 4.79 Å². The molecule has 0 heterocycles. The van der Waals surface area contributed by atoms with Crippen molar-refractivity contribution in [1.29, 1.82) is 0 Å². The molecule has 0 fully saturated rings. The van der Waals surface area contributed by atoms with Crippen LogP contribution in [0.5, 0.6) is 0 Å². The second-order valence-corrected chi connectivity index (χ2v) is 9.57. The van der Waals surface area contributed by atoms with Crippen LogP contribution in [0.15, 0.2) is 48.5 Å². The molecule has 0 amide bonds. The molecule has 0 aliphatic carbocycles. The van der Waals surface area contributed by atoms with Gasteiger partial charge in [-0.25, -0.2) is 4.79 Å². The molecule has 28 heavy (non-hydrogen) atoms. The van der Waals surface area contributed by atoms with Gasteiger partial charge in [-0.2, -0.15) is 0 Å². The largest absolute Gasteiger partial charge is 0.508 e. The van der Waals surface area contributed by atoms with Crippen molar-refractivity contribution in [1.82, 2.24) is 0 Å². The zero-order valence-electron chi connectivity index (χ0n) is 16.5. The Morgan fingerprint density at radius 2 is 1.11 bits per heavy atom. The van der Waals surface area contributed by atoms with Crippen LogP contribution in [-0.2, 0) is 22.3 Å². The Labute approximate surface area is 195 Å². The molecule has 0 saturated carbocycles. The molecule has 0 spiro atoms. The third kappa shape index (κ3) is 8.68. The summed E-state index contributed by atoms with van der Waals surface area (Å²) >= 11 is 4.61. The molecule has 0 radical (unpaired) electrons. The van der Waals surface area contributed by atoms with Crippen LogP contribution >= 0.6 is 45.2 Å². The molecule has 2 aromatic carbocycles. The molecule has 0 N–H and O–H groups in total. The van der Waals surface area contributed by atoms with Crippen LogP contribution in [0.2, 0.25) is 0 Å². The maximum atomic E-state index is 12.0. The lowest BCUT2D eigenvalue weighted by atomic mass is 9.98. The molecule has 2 atom stereocenters. The van der Waals surface area contributed by atoms with Crippen molar-refractivity contribution < 1.29 is 14.3 Å². The van der Waals surface area contributed by atoms with Gasteiger partial charge >= 0.3 is 6.16 Å². The average Bonchev–Trinajstić information content (AvgIpc) is 2.71. The highest BCUT2D eigenvalue weighted by molar-refractivity contribution is 14.1. The first-order valence-electron chi connectivity index (χ1n) is 9.78. The summed E-state index contributed by atoms with van der Waals surface area (Å²) in [4.78, 5) is 12.0. The standard InChI is InChI=1S/C23H28I2O3/c1-3-17(13-19-5-9-21(24)10-6-19)15-27-23(26)28-16-18(4-2)14-20-7-11-22(25)12-8-20/h5-12,17-18H,3-4,13-16H2,1-2H3. The molecule has 5 heteroatoms. The van der Waals surface area contributed by atoms with Gasteiger partial charge in [-0.1, -0.05) is 38.1 Å². The predicted octanol–water partition coefficient (Wildman–Crippen LogP) is 6.89. The maximum absolute atomic E-state index is 12.0. The molecule has 0 bridgehead atoms. The molecule has 0 aromatic heterocycles. The van der Waals surface area contributed by atoms with Gasteiger partial charge in [0.05, 0.1) is 13.2 Å². The van der Waals surface area contributed by atoms with Crippen LogP contribution in [0, 0.1) is 19.0 Å². The maximum Gasteiger partial charge on any atom is 0.508 e. The molecule has 2 unspecified atom stereocenters. The van der Waals surface area contributed by atoms with E-state index in [2.05, 4.69) is 108 Å². The van der Waals surface area contributed by atoms with E-state index in [-0.39, 0.29) is 0 Å². The summed E-state index contributed by atoms with van der Waals surface area (Å²) < 4.78 is 13.2. The Kier molecular flexibility index (Phi) is 10.6. The number of hydrogen-bond donors (Lipinski definition) is 0. The summed E-state index contributed by atoms with van der Waals surface area (Å²) in [7, 11) is 0. The summed E-state index contributed by atoms with van der Waals surface area (Å²) in [5.74, 6) is 0.614. The molecule has 0 aliphatic heterocycles. The van der Waals surface area contributed by atoms with Gasteiger partial charge in [0.1, 0.15) is 0 Å². The van der Waals surface area contributed by atoms with E-state index < -0.39 is 6.16 Å². The van der Waals surface area contributed by atoms with Crippen molar-refractivity contribution in [3.8, 4) is 0 Å². The van der Waals surface area contributed by atoms with Crippen molar-refractivity contribution >= 4 is 51.3 Å². The van der Waals surface area contributed by atoms with Crippen LogP contribution in [0.4, 0.5) is 4.79 Å². The number of ether oxygens (including phenoxy) is 2. The fraction of sp³-hybridized carbons (Fsp3) is 0.435. The monoisotopic (exact) mass is 606 g/mol. The molecule has 2 aromatic rings. The minimum atomic E-state index is -0.554. The Morgan fingerprint density at radius 1 is 0.750 bits per heavy atom. The SMILES string of the molecule is CCC(COC(=O)OCC(CC)Cc1ccc(I)cc1)Cc1ccc(I)cc1. The number of rotatable bonds is 10. The molecule has 2 rings (SSSR count). The van der Waals surface area contributed by atoms with Crippen LogP contribution in [-0.4, -0.2) is 19.4 Å². The minimum absolute atomic E-state index is 0.307. The number of benzene rings is 2. The van der Waals surface area contributed by atoms with Gasteiger partial charge in [0.2, 0.25) is 0 Å². The molecule has 0 aliphatic rings. The Morgan fingerprint density at radius 3 is 1.43 bits per heavy atom. The lowest BCUT2D eigenvalue weighted by molar-refractivity contribution is 0.0336. The summed E-state index contributed by atoms with van der Waals surface area (Å²) in [5.41, 5.74) is 2.54. The first-order valence-corrected chi connectivity index (χ1v) is 11.9. The highest BCUT2D eigenvalue weighted by atomic mass is 127. The van der Waals surface area contributed by atoms with E-state index >= 15 is 0 Å². The summed E-state index contributed by atoms with van der Waals surface area (Å²) in [6.45, 7) is 5.05. The van der Waals surface area contributed by atoms with Crippen molar-refractivity contribution in [3.63, 3.8) is 0 Å². The third-order valence-electron chi connectivity index (χ3n) is 4.90. The van der Waals surface area contributed by atoms with Crippen molar-refractivity contribution in [3.05, 3.63) is 66.8 Å². The van der Waals surface area contributed by atoms with E-state index in [1.807, 2.05) is 0 Å². The van der Waals surface area contributed by atoms with Crippen molar-refractivity contribution in [2.45, 2.75) is 39.5 Å². The molecule has 152 valence electrons. The van der Waals surface area contributed by atoms with Crippen LogP contribution in [0.3, 0.4) is 0 Å².